The van der Waals surface area contributed by atoms with Gasteiger partial charge in [-0.05, 0) is 18.2 Å². The molecule has 2 aromatic heterocycles. The van der Waals surface area contributed by atoms with Gasteiger partial charge in [-0.1, -0.05) is 11.6 Å². The zero-order valence-electron chi connectivity index (χ0n) is 7.55. The Morgan fingerprint density at radius 1 is 1.20 bits per heavy atom. The molecule has 0 bridgehead atoms. The number of nitrogens with zero attached hydrogens (tertiary/aromatic N) is 4. The molecule has 0 unspecified atom stereocenters. The molecule has 2 rings (SSSR count). The average Bonchev–Trinajstić information content (AvgIpc) is 2.30. The largest absolute Gasteiger partial charge is 0.263 e. The minimum atomic E-state index is 0.336. The van der Waals surface area contributed by atoms with Crippen LogP contribution in [0.1, 0.15) is 5.56 Å². The van der Waals surface area contributed by atoms with E-state index >= 15 is 0 Å². The van der Waals surface area contributed by atoms with Gasteiger partial charge in [0.15, 0.2) is 5.15 Å². The summed E-state index contributed by atoms with van der Waals surface area (Å²) in [6, 6.07) is 7.08. The summed E-state index contributed by atoms with van der Waals surface area (Å²) in [6.07, 6.45) is 3.12. The van der Waals surface area contributed by atoms with Crippen molar-refractivity contribution in [2.45, 2.75) is 0 Å². The number of nitriles is 1. The predicted molar refractivity (Wildman–Crippen MR) is 55.0 cm³/mol. The minimum absolute atomic E-state index is 0.336. The Kier molecular flexibility index (Phi) is 2.57. The monoisotopic (exact) mass is 216 g/mol. The van der Waals surface area contributed by atoms with Gasteiger partial charge >= 0.3 is 0 Å². The van der Waals surface area contributed by atoms with Crippen LogP contribution in [0.2, 0.25) is 5.15 Å². The van der Waals surface area contributed by atoms with Crippen LogP contribution in [0.5, 0.6) is 0 Å². The number of rotatable bonds is 1. The van der Waals surface area contributed by atoms with Crippen LogP contribution in [0.25, 0.3) is 11.3 Å². The molecule has 0 fully saturated rings. The van der Waals surface area contributed by atoms with Crippen molar-refractivity contribution in [3.63, 3.8) is 0 Å². The maximum Gasteiger partial charge on any atom is 0.151 e. The van der Waals surface area contributed by atoms with Crippen LogP contribution in [-0.2, 0) is 0 Å². The van der Waals surface area contributed by atoms with Crippen molar-refractivity contribution in [2.24, 2.45) is 0 Å². The molecule has 0 aliphatic rings. The third-order valence-electron chi connectivity index (χ3n) is 1.80. The summed E-state index contributed by atoms with van der Waals surface area (Å²) in [5.41, 5.74) is 1.88. The Bertz CT molecular complexity index is 516. The molecule has 0 aromatic carbocycles. The van der Waals surface area contributed by atoms with E-state index in [9.17, 15) is 0 Å². The predicted octanol–water partition coefficient (Wildman–Crippen LogP) is 2.06. The smallest absolute Gasteiger partial charge is 0.151 e. The summed E-state index contributed by atoms with van der Waals surface area (Å²) in [4.78, 5) is 3.93. The first kappa shape index (κ1) is 9.56. The lowest BCUT2D eigenvalue weighted by atomic mass is 10.1. The summed E-state index contributed by atoms with van der Waals surface area (Å²) >= 11 is 5.62. The maximum absolute atomic E-state index is 8.71. The Labute approximate surface area is 91.2 Å². The van der Waals surface area contributed by atoms with Crippen LogP contribution in [0, 0.1) is 11.3 Å². The summed E-state index contributed by atoms with van der Waals surface area (Å²) in [5, 5.41) is 16.7. The van der Waals surface area contributed by atoms with Gasteiger partial charge in [-0.3, -0.25) is 4.98 Å². The molecule has 0 aliphatic carbocycles. The van der Waals surface area contributed by atoms with Crippen LogP contribution in [0.4, 0.5) is 0 Å². The number of hydrogen-bond donors (Lipinski definition) is 0. The van der Waals surface area contributed by atoms with E-state index in [1.54, 1.807) is 24.4 Å². The van der Waals surface area contributed by atoms with Crippen molar-refractivity contribution in [2.75, 3.05) is 0 Å². The molecule has 2 heterocycles. The number of aromatic nitrogens is 3. The van der Waals surface area contributed by atoms with E-state index in [0.29, 0.717) is 16.4 Å². The normalized spacial score (nSPS) is 9.60. The van der Waals surface area contributed by atoms with Crippen molar-refractivity contribution in [1.29, 1.82) is 5.26 Å². The van der Waals surface area contributed by atoms with Gasteiger partial charge in [0.1, 0.15) is 6.07 Å². The highest BCUT2D eigenvalue weighted by Crippen LogP contribution is 2.16. The van der Waals surface area contributed by atoms with Crippen molar-refractivity contribution >= 4 is 11.6 Å². The molecule has 2 aromatic rings. The molecule has 15 heavy (non-hydrogen) atoms. The van der Waals surface area contributed by atoms with Gasteiger partial charge < -0.3 is 0 Å². The summed E-state index contributed by atoms with van der Waals surface area (Å²) in [7, 11) is 0. The fourth-order valence-electron chi connectivity index (χ4n) is 1.11. The standard InChI is InChI=1S/C10H5ClN4/c11-10-2-1-9(14-15-10)8-3-7(4-12)5-13-6-8/h1-3,5-6H. The van der Waals surface area contributed by atoms with E-state index in [1.165, 1.54) is 6.20 Å². The van der Waals surface area contributed by atoms with Gasteiger partial charge in [0.25, 0.3) is 0 Å². The second-order valence-electron chi connectivity index (χ2n) is 2.82. The molecule has 0 N–H and O–H groups in total. The second kappa shape index (κ2) is 4.03. The Hall–Kier alpha value is -1.99. The van der Waals surface area contributed by atoms with E-state index in [1.807, 2.05) is 6.07 Å². The minimum Gasteiger partial charge on any atom is -0.263 e. The van der Waals surface area contributed by atoms with Gasteiger partial charge in [-0.2, -0.15) is 5.26 Å². The quantitative estimate of drug-likeness (QED) is 0.732. The van der Waals surface area contributed by atoms with Crippen LogP contribution in [0.3, 0.4) is 0 Å². The second-order valence-corrected chi connectivity index (χ2v) is 3.20. The van der Waals surface area contributed by atoms with Gasteiger partial charge in [-0.25, -0.2) is 0 Å². The molecular weight excluding hydrogens is 212 g/mol. The molecule has 5 heteroatoms. The first-order valence-electron chi connectivity index (χ1n) is 4.14. The van der Waals surface area contributed by atoms with Crippen LogP contribution in [-0.4, -0.2) is 15.2 Å². The topological polar surface area (TPSA) is 62.5 Å². The van der Waals surface area contributed by atoms with E-state index in [4.69, 9.17) is 16.9 Å². The highest BCUT2D eigenvalue weighted by molar-refractivity contribution is 6.29. The third kappa shape index (κ3) is 2.09. The molecule has 0 radical (unpaired) electrons. The first-order chi connectivity index (χ1) is 7.29. The summed E-state index contributed by atoms with van der Waals surface area (Å²) in [6.45, 7) is 0. The lowest BCUT2D eigenvalue weighted by Crippen LogP contribution is -1.89. The molecule has 0 saturated heterocycles. The van der Waals surface area contributed by atoms with Crippen molar-refractivity contribution in [3.05, 3.63) is 41.3 Å². The maximum atomic E-state index is 8.71. The van der Waals surface area contributed by atoms with E-state index in [0.717, 1.165) is 5.56 Å². The van der Waals surface area contributed by atoms with Crippen LogP contribution < -0.4 is 0 Å². The van der Waals surface area contributed by atoms with Crippen LogP contribution in [0.15, 0.2) is 30.6 Å². The molecule has 4 nitrogen and oxygen atoms in total. The Morgan fingerprint density at radius 3 is 2.73 bits per heavy atom. The van der Waals surface area contributed by atoms with Gasteiger partial charge in [0.05, 0.1) is 11.3 Å². The van der Waals surface area contributed by atoms with Crippen molar-refractivity contribution in [3.8, 4) is 17.3 Å². The van der Waals surface area contributed by atoms with Crippen molar-refractivity contribution in [1.82, 2.24) is 15.2 Å². The zero-order valence-corrected chi connectivity index (χ0v) is 8.31. The van der Waals surface area contributed by atoms with E-state index in [2.05, 4.69) is 15.2 Å². The zero-order chi connectivity index (χ0) is 10.7. The van der Waals surface area contributed by atoms with Gasteiger partial charge in [0, 0.05) is 18.0 Å². The summed E-state index contributed by atoms with van der Waals surface area (Å²) < 4.78 is 0. The van der Waals surface area contributed by atoms with E-state index in [-0.39, 0.29) is 0 Å². The number of hydrogen-bond acceptors (Lipinski definition) is 4. The van der Waals surface area contributed by atoms with E-state index < -0.39 is 0 Å². The van der Waals surface area contributed by atoms with Gasteiger partial charge in [0.2, 0.25) is 0 Å². The highest BCUT2D eigenvalue weighted by Gasteiger charge is 2.01. The molecule has 0 spiro atoms. The molecule has 0 amide bonds. The molecular formula is C10H5ClN4. The first-order valence-corrected chi connectivity index (χ1v) is 4.52. The Balaban J connectivity index is 2.46. The van der Waals surface area contributed by atoms with Crippen molar-refractivity contribution < 1.29 is 0 Å². The number of halogens is 1. The highest BCUT2D eigenvalue weighted by atomic mass is 35.5. The fraction of sp³-hybridized carbons (Fsp3) is 0. The molecule has 0 aliphatic heterocycles. The lowest BCUT2D eigenvalue weighted by molar-refractivity contribution is 1.04. The van der Waals surface area contributed by atoms with Gasteiger partial charge in [-0.15, -0.1) is 10.2 Å². The average molecular weight is 217 g/mol. The SMILES string of the molecule is N#Cc1cncc(-c2ccc(Cl)nn2)c1. The molecule has 72 valence electrons. The lowest BCUT2D eigenvalue weighted by Gasteiger charge is -1.98. The third-order valence-corrected chi connectivity index (χ3v) is 2.00. The fourth-order valence-corrected chi connectivity index (χ4v) is 1.21. The molecule has 0 saturated carbocycles. The Morgan fingerprint density at radius 2 is 2.07 bits per heavy atom. The number of pyridine rings is 1. The molecule has 0 atom stereocenters. The van der Waals surface area contributed by atoms with Crippen LogP contribution >= 0.6 is 11.6 Å². The summed E-state index contributed by atoms with van der Waals surface area (Å²) in [5.74, 6) is 0.